The minimum Gasteiger partial charge on any atom is -0.486 e. The molecule has 0 fully saturated rings. The van der Waals surface area contributed by atoms with Gasteiger partial charge in [-0.3, -0.25) is 4.79 Å². The molecule has 0 aliphatic rings. The third-order valence-electron chi connectivity index (χ3n) is 2.08. The molecule has 0 spiro atoms. The molecule has 0 aromatic heterocycles. The van der Waals surface area contributed by atoms with E-state index >= 15 is 0 Å². The van der Waals surface area contributed by atoms with Crippen LogP contribution in [0.1, 0.15) is 31.1 Å². The number of anilines is 1. The number of hydrogen-bond acceptors (Lipinski definition) is 3. The highest BCUT2D eigenvalue weighted by molar-refractivity contribution is 5.94. The van der Waals surface area contributed by atoms with Gasteiger partial charge in [0.05, 0.1) is 5.69 Å². The average Bonchev–Trinajstić information content (AvgIpc) is 2.18. The molecule has 1 aromatic rings. The van der Waals surface area contributed by atoms with E-state index < -0.39 is 0 Å². The standard InChI is InChI=1S/C13H20N2O2/c1-13(2,3)17-11-8-9(6-7-10(11)14)12(16)15(4)5/h6-8H,14H2,1-5H3. The van der Waals surface area contributed by atoms with Gasteiger partial charge in [0.2, 0.25) is 0 Å². The van der Waals surface area contributed by atoms with E-state index in [0.29, 0.717) is 17.0 Å². The van der Waals surface area contributed by atoms with Crippen molar-refractivity contribution in [2.45, 2.75) is 26.4 Å². The van der Waals surface area contributed by atoms with Crippen LogP contribution in [0.25, 0.3) is 0 Å². The van der Waals surface area contributed by atoms with Crippen LogP contribution in [0.4, 0.5) is 5.69 Å². The zero-order chi connectivity index (χ0) is 13.2. The number of nitrogens with zero attached hydrogens (tertiary/aromatic N) is 1. The van der Waals surface area contributed by atoms with Gasteiger partial charge in [0.1, 0.15) is 11.4 Å². The molecule has 1 rings (SSSR count). The van der Waals surface area contributed by atoms with Crippen molar-refractivity contribution in [2.24, 2.45) is 0 Å². The summed E-state index contributed by atoms with van der Waals surface area (Å²) in [5.41, 5.74) is 6.59. The highest BCUT2D eigenvalue weighted by Crippen LogP contribution is 2.27. The minimum atomic E-state index is -0.339. The van der Waals surface area contributed by atoms with Crippen LogP contribution in [0.15, 0.2) is 18.2 Å². The molecule has 0 bridgehead atoms. The van der Waals surface area contributed by atoms with Gasteiger partial charge in [-0.2, -0.15) is 0 Å². The first kappa shape index (κ1) is 13.4. The summed E-state index contributed by atoms with van der Waals surface area (Å²) in [5, 5.41) is 0. The second-order valence-electron chi connectivity index (χ2n) is 5.17. The monoisotopic (exact) mass is 236 g/mol. The Morgan fingerprint density at radius 3 is 2.35 bits per heavy atom. The van der Waals surface area contributed by atoms with E-state index in [2.05, 4.69) is 0 Å². The van der Waals surface area contributed by atoms with Crippen LogP contribution in [0.2, 0.25) is 0 Å². The maximum Gasteiger partial charge on any atom is 0.253 e. The molecule has 0 aliphatic heterocycles. The summed E-state index contributed by atoms with van der Waals surface area (Å²) in [6.45, 7) is 5.81. The second-order valence-corrected chi connectivity index (χ2v) is 5.17. The fourth-order valence-electron chi connectivity index (χ4n) is 1.34. The molecule has 1 amide bonds. The zero-order valence-corrected chi connectivity index (χ0v) is 11.1. The summed E-state index contributed by atoms with van der Waals surface area (Å²) in [6, 6.07) is 5.08. The Morgan fingerprint density at radius 2 is 1.88 bits per heavy atom. The normalized spacial score (nSPS) is 11.1. The molecule has 0 saturated carbocycles. The number of rotatable bonds is 2. The Morgan fingerprint density at radius 1 is 1.29 bits per heavy atom. The lowest BCUT2D eigenvalue weighted by molar-refractivity contribution is 0.0825. The van der Waals surface area contributed by atoms with Crippen LogP contribution < -0.4 is 10.5 Å². The summed E-state index contributed by atoms with van der Waals surface area (Å²) in [5.74, 6) is 0.481. The number of benzene rings is 1. The molecule has 1 aromatic carbocycles. The van der Waals surface area contributed by atoms with Crippen molar-refractivity contribution in [1.82, 2.24) is 4.90 Å². The van der Waals surface area contributed by atoms with Crippen LogP contribution >= 0.6 is 0 Å². The van der Waals surface area contributed by atoms with Crippen LogP contribution in [0.3, 0.4) is 0 Å². The van der Waals surface area contributed by atoms with Crippen molar-refractivity contribution >= 4 is 11.6 Å². The van der Waals surface area contributed by atoms with Gasteiger partial charge in [-0.1, -0.05) is 0 Å². The Labute approximate surface area is 102 Å². The fraction of sp³-hybridized carbons (Fsp3) is 0.462. The molecule has 0 unspecified atom stereocenters. The minimum absolute atomic E-state index is 0.0660. The summed E-state index contributed by atoms with van der Waals surface area (Å²) in [6.07, 6.45) is 0. The summed E-state index contributed by atoms with van der Waals surface area (Å²) in [4.78, 5) is 13.3. The van der Waals surface area contributed by atoms with Gasteiger partial charge in [0.15, 0.2) is 0 Å². The second kappa shape index (κ2) is 4.65. The zero-order valence-electron chi connectivity index (χ0n) is 11.1. The predicted molar refractivity (Wildman–Crippen MR) is 69.3 cm³/mol. The third-order valence-corrected chi connectivity index (χ3v) is 2.08. The molecule has 4 nitrogen and oxygen atoms in total. The van der Waals surface area contributed by atoms with E-state index in [9.17, 15) is 4.79 Å². The average molecular weight is 236 g/mol. The quantitative estimate of drug-likeness (QED) is 0.800. The number of nitrogens with two attached hydrogens (primary N) is 1. The molecule has 94 valence electrons. The van der Waals surface area contributed by atoms with E-state index in [4.69, 9.17) is 10.5 Å². The Hall–Kier alpha value is -1.71. The predicted octanol–water partition coefficient (Wildman–Crippen LogP) is 2.15. The topological polar surface area (TPSA) is 55.6 Å². The fourth-order valence-corrected chi connectivity index (χ4v) is 1.34. The molecule has 2 N–H and O–H groups in total. The molecule has 0 radical (unpaired) electrons. The largest absolute Gasteiger partial charge is 0.486 e. The molecule has 0 atom stereocenters. The first-order valence-corrected chi connectivity index (χ1v) is 5.51. The lowest BCUT2D eigenvalue weighted by atomic mass is 10.1. The highest BCUT2D eigenvalue weighted by Gasteiger charge is 2.16. The summed E-state index contributed by atoms with van der Waals surface area (Å²) >= 11 is 0. The number of nitrogen functional groups attached to an aromatic ring is 1. The number of carbonyl (C=O) groups is 1. The van der Waals surface area contributed by atoms with Crippen LogP contribution in [-0.2, 0) is 0 Å². The molecular formula is C13H20N2O2. The first-order valence-electron chi connectivity index (χ1n) is 5.51. The van der Waals surface area contributed by atoms with Crippen LogP contribution in [-0.4, -0.2) is 30.5 Å². The first-order chi connectivity index (χ1) is 7.70. The molecule has 17 heavy (non-hydrogen) atoms. The van der Waals surface area contributed by atoms with Crippen molar-refractivity contribution in [2.75, 3.05) is 19.8 Å². The smallest absolute Gasteiger partial charge is 0.253 e. The van der Waals surface area contributed by atoms with Gasteiger partial charge in [-0.25, -0.2) is 0 Å². The maximum atomic E-state index is 11.8. The lowest BCUT2D eigenvalue weighted by Crippen LogP contribution is -2.25. The Balaban J connectivity index is 3.07. The summed E-state index contributed by atoms with van der Waals surface area (Å²) in [7, 11) is 3.42. The highest BCUT2D eigenvalue weighted by atomic mass is 16.5. The molecule has 0 heterocycles. The summed E-state index contributed by atoms with van der Waals surface area (Å²) < 4.78 is 5.71. The SMILES string of the molecule is CN(C)C(=O)c1ccc(N)c(OC(C)(C)C)c1. The van der Waals surface area contributed by atoms with Gasteiger partial charge >= 0.3 is 0 Å². The third kappa shape index (κ3) is 3.66. The molecular weight excluding hydrogens is 216 g/mol. The van der Waals surface area contributed by atoms with Crippen molar-refractivity contribution < 1.29 is 9.53 Å². The maximum absolute atomic E-state index is 11.8. The van der Waals surface area contributed by atoms with E-state index in [0.717, 1.165) is 0 Å². The van der Waals surface area contributed by atoms with Crippen molar-refractivity contribution in [3.63, 3.8) is 0 Å². The van der Waals surface area contributed by atoms with E-state index in [-0.39, 0.29) is 11.5 Å². The van der Waals surface area contributed by atoms with Gasteiger partial charge < -0.3 is 15.4 Å². The van der Waals surface area contributed by atoms with Gasteiger partial charge in [0.25, 0.3) is 5.91 Å². The van der Waals surface area contributed by atoms with Crippen molar-refractivity contribution in [3.05, 3.63) is 23.8 Å². The van der Waals surface area contributed by atoms with Gasteiger partial charge in [0, 0.05) is 19.7 Å². The number of amides is 1. The van der Waals surface area contributed by atoms with Crippen molar-refractivity contribution in [3.8, 4) is 5.75 Å². The number of hydrogen-bond donors (Lipinski definition) is 1. The van der Waals surface area contributed by atoms with E-state index in [1.165, 1.54) is 4.90 Å². The van der Waals surface area contributed by atoms with Crippen LogP contribution in [0, 0.1) is 0 Å². The lowest BCUT2D eigenvalue weighted by Gasteiger charge is -2.23. The van der Waals surface area contributed by atoms with E-state index in [1.54, 1.807) is 32.3 Å². The van der Waals surface area contributed by atoms with Gasteiger partial charge in [-0.15, -0.1) is 0 Å². The van der Waals surface area contributed by atoms with Gasteiger partial charge in [-0.05, 0) is 39.0 Å². The molecule has 0 saturated heterocycles. The van der Waals surface area contributed by atoms with Crippen LogP contribution in [0.5, 0.6) is 5.75 Å². The van der Waals surface area contributed by atoms with Crippen molar-refractivity contribution in [1.29, 1.82) is 0 Å². The Kier molecular flexibility index (Phi) is 3.66. The number of carbonyl (C=O) groups excluding carboxylic acids is 1. The number of ether oxygens (including phenoxy) is 1. The van der Waals surface area contributed by atoms with E-state index in [1.807, 2.05) is 20.8 Å². The molecule has 4 heteroatoms. The molecule has 0 aliphatic carbocycles. The Bertz CT molecular complexity index is 420.